The Morgan fingerprint density at radius 2 is 1.82 bits per heavy atom. The van der Waals surface area contributed by atoms with E-state index < -0.39 is 0 Å². The van der Waals surface area contributed by atoms with Crippen LogP contribution in [0.4, 0.5) is 0 Å². The third-order valence-electron chi connectivity index (χ3n) is 8.12. The molecule has 10 heteroatoms. The van der Waals surface area contributed by atoms with Crippen molar-refractivity contribution < 1.29 is 14.2 Å². The van der Waals surface area contributed by atoms with Gasteiger partial charge in [0, 0.05) is 29.6 Å². The molecule has 3 heterocycles. The zero-order valence-corrected chi connectivity index (χ0v) is 23.1. The molecule has 0 bridgehead atoms. The Bertz CT molecular complexity index is 1510. The van der Waals surface area contributed by atoms with Crippen molar-refractivity contribution in [2.24, 2.45) is 0 Å². The monoisotopic (exact) mass is 544 g/mol. The predicted octanol–water partition coefficient (Wildman–Crippen LogP) is 4.63. The van der Waals surface area contributed by atoms with Crippen molar-refractivity contribution in [1.29, 1.82) is 0 Å². The lowest BCUT2D eigenvalue weighted by Gasteiger charge is -2.39. The molecular weight excluding hydrogens is 508 g/mol. The van der Waals surface area contributed by atoms with Crippen molar-refractivity contribution in [2.45, 2.75) is 70.6 Å². The molecule has 1 saturated carbocycles. The number of benzene rings is 2. The fourth-order valence-electron chi connectivity index (χ4n) is 6.04. The van der Waals surface area contributed by atoms with Gasteiger partial charge in [-0.3, -0.25) is 9.69 Å². The van der Waals surface area contributed by atoms with E-state index in [2.05, 4.69) is 32.3 Å². The number of H-pyrrole nitrogens is 1. The first-order valence-electron chi connectivity index (χ1n) is 14.2. The van der Waals surface area contributed by atoms with Crippen LogP contribution in [-0.4, -0.2) is 56.5 Å². The number of aromatic amines is 1. The van der Waals surface area contributed by atoms with Crippen molar-refractivity contribution >= 4 is 10.9 Å². The number of ether oxygens (including phenoxy) is 3. The first-order valence-corrected chi connectivity index (χ1v) is 14.2. The average molecular weight is 545 g/mol. The summed E-state index contributed by atoms with van der Waals surface area (Å²) in [6.45, 7) is 4.27. The third kappa shape index (κ3) is 5.40. The quantitative estimate of drug-likeness (QED) is 0.325. The van der Waals surface area contributed by atoms with Crippen molar-refractivity contribution in [2.75, 3.05) is 20.3 Å². The summed E-state index contributed by atoms with van der Waals surface area (Å²) in [5, 5.41) is 13.9. The van der Waals surface area contributed by atoms with Crippen molar-refractivity contribution in [3.05, 3.63) is 69.8 Å². The molecule has 1 N–H and O–H groups in total. The van der Waals surface area contributed by atoms with Gasteiger partial charge < -0.3 is 19.2 Å². The molecule has 2 aromatic carbocycles. The summed E-state index contributed by atoms with van der Waals surface area (Å²) in [4.78, 5) is 18.9. The summed E-state index contributed by atoms with van der Waals surface area (Å²) in [5.74, 6) is 3.02. The highest BCUT2D eigenvalue weighted by Crippen LogP contribution is 2.35. The van der Waals surface area contributed by atoms with Gasteiger partial charge in [-0.15, -0.1) is 5.10 Å². The topological polar surface area (TPSA) is 107 Å². The number of aromatic nitrogens is 5. The SMILES string of the molecule is CCC(c1nnnn1Cc1ccc(OC)cc1)N(Cc1cc2cc3c(cc2[nH]c1=O)OCCO3)C1CCCCC1. The van der Waals surface area contributed by atoms with Crippen LogP contribution in [0.2, 0.25) is 0 Å². The molecule has 1 fully saturated rings. The van der Waals surface area contributed by atoms with Crippen LogP contribution >= 0.6 is 0 Å². The number of hydrogen-bond acceptors (Lipinski definition) is 8. The van der Waals surface area contributed by atoms with Crippen LogP contribution in [0, 0.1) is 0 Å². The maximum absolute atomic E-state index is 13.4. The first-order chi connectivity index (χ1) is 19.6. The largest absolute Gasteiger partial charge is 0.497 e. The average Bonchev–Trinajstić information content (AvgIpc) is 3.44. The normalized spacial score (nSPS) is 16.4. The molecule has 0 spiro atoms. The minimum Gasteiger partial charge on any atom is -0.497 e. The van der Waals surface area contributed by atoms with E-state index in [1.807, 2.05) is 47.1 Å². The van der Waals surface area contributed by atoms with Crippen LogP contribution in [0.15, 0.2) is 47.3 Å². The van der Waals surface area contributed by atoms with E-state index in [-0.39, 0.29) is 11.6 Å². The second kappa shape index (κ2) is 11.7. The second-order valence-electron chi connectivity index (χ2n) is 10.6. The fourth-order valence-corrected chi connectivity index (χ4v) is 6.04. The molecule has 0 amide bonds. The van der Waals surface area contributed by atoms with Crippen LogP contribution in [0.3, 0.4) is 0 Å². The number of fused-ring (bicyclic) bond motifs is 2. The highest BCUT2D eigenvalue weighted by atomic mass is 16.6. The highest BCUT2D eigenvalue weighted by molar-refractivity contribution is 5.83. The van der Waals surface area contributed by atoms with E-state index in [9.17, 15) is 4.79 Å². The molecule has 1 aliphatic carbocycles. The standard InChI is InChI=1S/C30H36N6O4/c1-3-26(29-32-33-34-36(29)18-20-9-11-24(38-2)12-10-20)35(23-7-5-4-6-8-23)19-22-15-21-16-27-28(40-14-13-39-27)17-25(21)31-30(22)37/h9-12,15-17,23,26H,3-8,13-14,18-19H2,1-2H3,(H,31,37). The highest BCUT2D eigenvalue weighted by Gasteiger charge is 2.32. The Labute approximate surface area is 233 Å². The third-order valence-corrected chi connectivity index (χ3v) is 8.12. The number of pyridine rings is 1. The lowest BCUT2D eigenvalue weighted by Crippen LogP contribution is -2.41. The van der Waals surface area contributed by atoms with Crippen LogP contribution in [0.25, 0.3) is 10.9 Å². The van der Waals surface area contributed by atoms with Crippen LogP contribution in [0.1, 0.15) is 68.4 Å². The molecule has 210 valence electrons. The van der Waals surface area contributed by atoms with Gasteiger partial charge in [0.25, 0.3) is 5.56 Å². The lowest BCUT2D eigenvalue weighted by molar-refractivity contribution is 0.0844. The Kier molecular flexibility index (Phi) is 7.68. The minimum absolute atomic E-state index is 0.0355. The molecule has 40 heavy (non-hydrogen) atoms. The number of methoxy groups -OCH3 is 1. The molecule has 2 aliphatic rings. The molecule has 10 nitrogen and oxygen atoms in total. The van der Waals surface area contributed by atoms with Crippen LogP contribution < -0.4 is 19.8 Å². The molecule has 1 unspecified atom stereocenters. The molecule has 0 saturated heterocycles. The zero-order valence-electron chi connectivity index (χ0n) is 23.1. The Morgan fingerprint density at radius 1 is 1.07 bits per heavy atom. The van der Waals surface area contributed by atoms with Crippen molar-refractivity contribution in [3.8, 4) is 17.2 Å². The number of rotatable bonds is 9. The zero-order chi connectivity index (χ0) is 27.5. The van der Waals surface area contributed by atoms with E-state index in [0.717, 1.165) is 52.9 Å². The summed E-state index contributed by atoms with van der Waals surface area (Å²) >= 11 is 0. The summed E-state index contributed by atoms with van der Waals surface area (Å²) < 4.78 is 18.7. The molecule has 6 rings (SSSR count). The van der Waals surface area contributed by atoms with Gasteiger partial charge in [-0.25, -0.2) is 4.68 Å². The van der Waals surface area contributed by atoms with Gasteiger partial charge in [0.15, 0.2) is 17.3 Å². The summed E-state index contributed by atoms with van der Waals surface area (Å²) in [5.41, 5.74) is 2.48. The van der Waals surface area contributed by atoms with Gasteiger partial charge in [-0.2, -0.15) is 0 Å². The lowest BCUT2D eigenvalue weighted by atomic mass is 9.92. The number of hydrogen-bond donors (Lipinski definition) is 1. The molecule has 1 atom stereocenters. The number of nitrogens with zero attached hydrogens (tertiary/aromatic N) is 5. The molecule has 0 radical (unpaired) electrons. The van der Waals surface area contributed by atoms with Crippen molar-refractivity contribution in [3.63, 3.8) is 0 Å². The summed E-state index contributed by atoms with van der Waals surface area (Å²) in [6, 6.07) is 14.1. The summed E-state index contributed by atoms with van der Waals surface area (Å²) in [7, 11) is 1.66. The molecule has 2 aromatic heterocycles. The maximum Gasteiger partial charge on any atom is 0.252 e. The van der Waals surface area contributed by atoms with Crippen molar-refractivity contribution in [1.82, 2.24) is 30.1 Å². The van der Waals surface area contributed by atoms with E-state index in [4.69, 9.17) is 14.2 Å². The second-order valence-corrected chi connectivity index (χ2v) is 10.6. The Balaban J connectivity index is 1.33. The van der Waals surface area contributed by atoms with E-state index in [1.165, 1.54) is 19.3 Å². The number of tetrazole rings is 1. The molecule has 4 aromatic rings. The van der Waals surface area contributed by atoms with Crippen LogP contribution in [-0.2, 0) is 13.1 Å². The smallest absolute Gasteiger partial charge is 0.252 e. The van der Waals surface area contributed by atoms with E-state index in [0.29, 0.717) is 43.8 Å². The van der Waals surface area contributed by atoms with Gasteiger partial charge in [0.1, 0.15) is 19.0 Å². The van der Waals surface area contributed by atoms with Crippen LogP contribution in [0.5, 0.6) is 17.2 Å². The maximum atomic E-state index is 13.4. The molecule has 1 aliphatic heterocycles. The van der Waals surface area contributed by atoms with E-state index in [1.54, 1.807) is 7.11 Å². The van der Waals surface area contributed by atoms with Gasteiger partial charge in [0.05, 0.1) is 25.2 Å². The van der Waals surface area contributed by atoms with E-state index >= 15 is 0 Å². The minimum atomic E-state index is -0.0855. The molecular formula is C30H36N6O4. The van der Waals surface area contributed by atoms with Gasteiger partial charge in [0.2, 0.25) is 0 Å². The first kappa shape index (κ1) is 26.3. The fraction of sp³-hybridized carbons (Fsp3) is 0.467. The Morgan fingerprint density at radius 3 is 2.55 bits per heavy atom. The Hall–Kier alpha value is -3.92. The number of nitrogens with one attached hydrogen (secondary N) is 1. The van der Waals surface area contributed by atoms with Gasteiger partial charge in [-0.05, 0) is 59.5 Å². The van der Waals surface area contributed by atoms with Gasteiger partial charge >= 0.3 is 0 Å². The predicted molar refractivity (Wildman–Crippen MR) is 151 cm³/mol. The summed E-state index contributed by atoms with van der Waals surface area (Å²) in [6.07, 6.45) is 6.64. The van der Waals surface area contributed by atoms with Gasteiger partial charge in [-0.1, -0.05) is 38.3 Å².